The molecule has 1 amide bonds. The van der Waals surface area contributed by atoms with Gasteiger partial charge in [0.25, 0.3) is 5.91 Å². The molecule has 150 valence electrons. The number of sulfonamides is 1. The van der Waals surface area contributed by atoms with Crippen LogP contribution in [0.1, 0.15) is 10.4 Å². The van der Waals surface area contributed by atoms with Crippen molar-refractivity contribution < 1.29 is 22.3 Å². The van der Waals surface area contributed by atoms with Gasteiger partial charge in [-0.05, 0) is 24.3 Å². The van der Waals surface area contributed by atoms with Crippen molar-refractivity contribution in [1.82, 2.24) is 4.72 Å². The lowest BCUT2D eigenvalue weighted by Gasteiger charge is -2.40. The van der Waals surface area contributed by atoms with Gasteiger partial charge in [-0.25, -0.2) is 17.5 Å². The molecule has 0 aliphatic carbocycles. The fraction of sp³-hybridized carbons (Fsp3) is 0.235. The van der Waals surface area contributed by atoms with Gasteiger partial charge in [0.2, 0.25) is 10.0 Å². The van der Waals surface area contributed by atoms with Crippen molar-refractivity contribution in [1.29, 1.82) is 0 Å². The SMILES string of the molecule is CS(=O)(=O)NC(=O)c1cc(Cl)c(OC2CN(c3ccc(Cl)c(Cl)c3)C2)cc1F. The van der Waals surface area contributed by atoms with E-state index in [2.05, 4.69) is 0 Å². The third kappa shape index (κ3) is 4.81. The molecule has 0 saturated carbocycles. The van der Waals surface area contributed by atoms with Crippen LogP contribution >= 0.6 is 34.8 Å². The van der Waals surface area contributed by atoms with Crippen molar-refractivity contribution in [2.75, 3.05) is 24.2 Å². The monoisotopic (exact) mass is 466 g/mol. The molecule has 11 heteroatoms. The molecule has 2 aromatic rings. The van der Waals surface area contributed by atoms with Gasteiger partial charge in [-0.1, -0.05) is 34.8 Å². The molecule has 1 N–H and O–H groups in total. The second kappa shape index (κ2) is 7.94. The van der Waals surface area contributed by atoms with Crippen molar-refractivity contribution in [3.05, 3.63) is 56.8 Å². The molecule has 28 heavy (non-hydrogen) atoms. The molecule has 1 aliphatic heterocycles. The Morgan fingerprint density at radius 2 is 1.82 bits per heavy atom. The Balaban J connectivity index is 1.66. The van der Waals surface area contributed by atoms with Crippen molar-refractivity contribution in [2.24, 2.45) is 0 Å². The lowest BCUT2D eigenvalue weighted by atomic mass is 10.1. The van der Waals surface area contributed by atoms with Crippen LogP contribution in [0.5, 0.6) is 5.75 Å². The summed E-state index contributed by atoms with van der Waals surface area (Å²) in [5.41, 5.74) is 0.383. The van der Waals surface area contributed by atoms with Gasteiger partial charge in [0.15, 0.2) is 0 Å². The zero-order valence-electron chi connectivity index (χ0n) is 14.4. The predicted molar refractivity (Wildman–Crippen MR) is 107 cm³/mol. The van der Waals surface area contributed by atoms with E-state index in [-0.39, 0.29) is 16.9 Å². The highest BCUT2D eigenvalue weighted by molar-refractivity contribution is 7.89. The molecule has 0 bridgehead atoms. The second-order valence-electron chi connectivity index (χ2n) is 6.21. The first kappa shape index (κ1) is 21.0. The summed E-state index contributed by atoms with van der Waals surface area (Å²) in [6, 6.07) is 7.25. The number of nitrogens with one attached hydrogen (secondary N) is 1. The molecule has 0 radical (unpaired) electrons. The first-order valence-corrected chi connectivity index (χ1v) is 10.9. The molecule has 1 saturated heterocycles. The van der Waals surface area contributed by atoms with Gasteiger partial charge >= 0.3 is 0 Å². The van der Waals surface area contributed by atoms with E-state index in [0.29, 0.717) is 23.1 Å². The number of rotatable bonds is 5. The van der Waals surface area contributed by atoms with Gasteiger partial charge in [-0.2, -0.15) is 0 Å². The van der Waals surface area contributed by atoms with E-state index in [1.165, 1.54) is 0 Å². The molecule has 0 unspecified atom stereocenters. The van der Waals surface area contributed by atoms with E-state index in [1.807, 2.05) is 11.0 Å². The lowest BCUT2D eigenvalue weighted by molar-refractivity contribution is 0.0977. The van der Waals surface area contributed by atoms with Gasteiger partial charge in [0.05, 0.1) is 40.0 Å². The van der Waals surface area contributed by atoms with Gasteiger partial charge in [0, 0.05) is 11.8 Å². The van der Waals surface area contributed by atoms with Crippen LogP contribution in [0.4, 0.5) is 10.1 Å². The van der Waals surface area contributed by atoms with E-state index in [0.717, 1.165) is 24.1 Å². The minimum Gasteiger partial charge on any atom is -0.485 e. The molecule has 1 heterocycles. The van der Waals surface area contributed by atoms with Gasteiger partial charge in [-0.3, -0.25) is 4.79 Å². The quantitative estimate of drug-likeness (QED) is 0.725. The minimum absolute atomic E-state index is 0.00645. The summed E-state index contributed by atoms with van der Waals surface area (Å²) in [7, 11) is -3.83. The maximum absolute atomic E-state index is 14.2. The van der Waals surface area contributed by atoms with Crippen LogP contribution in [0.15, 0.2) is 30.3 Å². The zero-order chi connectivity index (χ0) is 20.6. The molecular formula is C17H14Cl3FN2O4S. The molecular weight excluding hydrogens is 454 g/mol. The Kier molecular flexibility index (Phi) is 5.95. The summed E-state index contributed by atoms with van der Waals surface area (Å²) < 4.78 is 43.8. The highest BCUT2D eigenvalue weighted by Crippen LogP contribution is 2.33. The van der Waals surface area contributed by atoms with Gasteiger partial charge in [-0.15, -0.1) is 0 Å². The Hall–Kier alpha value is -1.74. The minimum atomic E-state index is -3.83. The van der Waals surface area contributed by atoms with Crippen molar-refractivity contribution >= 4 is 56.4 Å². The van der Waals surface area contributed by atoms with Crippen molar-refractivity contribution in [3.8, 4) is 5.75 Å². The molecule has 1 aliphatic rings. The normalized spacial score (nSPS) is 14.5. The standard InChI is InChI=1S/C17H14Cl3FN2O4S/c1-28(25,26)22-17(24)11-5-14(20)16(6-15(11)21)27-10-7-23(8-10)9-2-3-12(18)13(19)4-9/h2-6,10H,7-8H2,1H3,(H,22,24). The average molecular weight is 468 g/mol. The number of carbonyl (C=O) groups excluding carboxylic acids is 1. The topological polar surface area (TPSA) is 75.7 Å². The third-order valence-corrected chi connectivity index (χ3v) is 5.54. The van der Waals surface area contributed by atoms with Crippen LogP contribution in [-0.4, -0.2) is 39.8 Å². The van der Waals surface area contributed by atoms with E-state index in [9.17, 15) is 17.6 Å². The highest BCUT2D eigenvalue weighted by atomic mass is 35.5. The number of hydrogen-bond acceptors (Lipinski definition) is 5. The number of halogens is 4. The molecule has 0 spiro atoms. The van der Waals surface area contributed by atoms with Crippen LogP contribution in [0.2, 0.25) is 15.1 Å². The lowest BCUT2D eigenvalue weighted by Crippen LogP contribution is -2.54. The Bertz CT molecular complexity index is 1040. The van der Waals surface area contributed by atoms with Crippen molar-refractivity contribution in [3.63, 3.8) is 0 Å². The predicted octanol–water partition coefficient (Wildman–Crippen LogP) is 3.74. The number of nitrogens with zero attached hydrogens (tertiary/aromatic N) is 1. The summed E-state index contributed by atoms with van der Waals surface area (Å²) in [5.74, 6) is -1.99. The molecule has 0 aromatic heterocycles. The Morgan fingerprint density at radius 3 is 2.43 bits per heavy atom. The third-order valence-electron chi connectivity index (χ3n) is 3.95. The summed E-state index contributed by atoms with van der Waals surface area (Å²) in [6.45, 7) is 1.04. The number of anilines is 1. The molecule has 1 fully saturated rings. The largest absolute Gasteiger partial charge is 0.485 e. The number of amides is 1. The smallest absolute Gasteiger partial charge is 0.267 e. The Morgan fingerprint density at radius 1 is 1.14 bits per heavy atom. The zero-order valence-corrected chi connectivity index (χ0v) is 17.5. The average Bonchev–Trinajstić information content (AvgIpc) is 2.54. The van der Waals surface area contributed by atoms with Crippen LogP contribution in [0, 0.1) is 5.82 Å². The second-order valence-corrected chi connectivity index (χ2v) is 9.18. The first-order chi connectivity index (χ1) is 13.0. The summed E-state index contributed by atoms with van der Waals surface area (Å²) in [4.78, 5) is 13.8. The van der Waals surface area contributed by atoms with Crippen LogP contribution in [-0.2, 0) is 10.0 Å². The fourth-order valence-corrected chi connectivity index (χ4v) is 3.55. The number of ether oxygens (including phenoxy) is 1. The van der Waals surface area contributed by atoms with Crippen LogP contribution < -0.4 is 14.4 Å². The Labute approximate surface area is 176 Å². The maximum Gasteiger partial charge on any atom is 0.267 e. The van der Waals surface area contributed by atoms with E-state index in [4.69, 9.17) is 39.5 Å². The number of carbonyl (C=O) groups is 1. The number of hydrogen-bond donors (Lipinski definition) is 1. The van der Waals surface area contributed by atoms with E-state index >= 15 is 0 Å². The molecule has 3 rings (SSSR count). The van der Waals surface area contributed by atoms with E-state index < -0.39 is 27.3 Å². The summed E-state index contributed by atoms with van der Waals surface area (Å²) in [5, 5.41) is 0.894. The number of benzene rings is 2. The van der Waals surface area contributed by atoms with E-state index in [1.54, 1.807) is 16.9 Å². The van der Waals surface area contributed by atoms with Crippen molar-refractivity contribution in [2.45, 2.75) is 6.10 Å². The van der Waals surface area contributed by atoms with Gasteiger partial charge in [0.1, 0.15) is 17.7 Å². The van der Waals surface area contributed by atoms with Crippen LogP contribution in [0.25, 0.3) is 0 Å². The fourth-order valence-electron chi connectivity index (χ4n) is 2.60. The summed E-state index contributed by atoms with van der Waals surface area (Å²) in [6.07, 6.45) is 0.542. The first-order valence-electron chi connectivity index (χ1n) is 7.91. The molecule has 6 nitrogen and oxygen atoms in total. The maximum atomic E-state index is 14.2. The molecule has 0 atom stereocenters. The summed E-state index contributed by atoms with van der Waals surface area (Å²) >= 11 is 18.0. The van der Waals surface area contributed by atoms with Crippen LogP contribution in [0.3, 0.4) is 0 Å². The van der Waals surface area contributed by atoms with Gasteiger partial charge < -0.3 is 9.64 Å². The highest BCUT2D eigenvalue weighted by Gasteiger charge is 2.30. The molecule has 2 aromatic carbocycles.